The van der Waals surface area contributed by atoms with Gasteiger partial charge in [-0.1, -0.05) is 32.1 Å². The van der Waals surface area contributed by atoms with E-state index in [4.69, 9.17) is 13.3 Å². The summed E-state index contributed by atoms with van der Waals surface area (Å²) < 4.78 is 17.2. The minimum absolute atomic E-state index is 0.673. The summed E-state index contributed by atoms with van der Waals surface area (Å²) in [7, 11) is -2.33. The highest BCUT2D eigenvalue weighted by Crippen LogP contribution is 2.26. The van der Waals surface area contributed by atoms with Crippen LogP contribution in [0.1, 0.15) is 52.4 Å². The van der Waals surface area contributed by atoms with Gasteiger partial charge >= 0.3 is 8.80 Å². The molecule has 0 aromatic carbocycles. The van der Waals surface area contributed by atoms with Gasteiger partial charge in [-0.3, -0.25) is 0 Å². The van der Waals surface area contributed by atoms with E-state index in [2.05, 4.69) is 0 Å². The molecule has 0 heterocycles. The molecule has 3 nitrogen and oxygen atoms in total. The van der Waals surface area contributed by atoms with Gasteiger partial charge in [-0.25, -0.2) is 0 Å². The summed E-state index contributed by atoms with van der Waals surface area (Å²) in [5, 5.41) is 0. The standard InChI is InChI=1S/C13H28O3Si/c1-4-14-17(3,15-5-2)16-12-11-13-9-7-6-8-10-13/h13H,4-12H2,1-3H3. The van der Waals surface area contributed by atoms with Gasteiger partial charge in [-0.2, -0.15) is 0 Å². The zero-order chi connectivity index (χ0) is 12.6. The van der Waals surface area contributed by atoms with Gasteiger partial charge in [-0.05, 0) is 26.2 Å². The van der Waals surface area contributed by atoms with Gasteiger partial charge in [0, 0.05) is 26.4 Å². The normalized spacial score (nSPS) is 18.5. The largest absolute Gasteiger partial charge is 0.497 e. The van der Waals surface area contributed by atoms with Crippen molar-refractivity contribution in [2.45, 2.75) is 58.9 Å². The van der Waals surface area contributed by atoms with Crippen molar-refractivity contribution < 1.29 is 13.3 Å². The predicted octanol–water partition coefficient (Wildman–Crippen LogP) is 3.62. The molecule has 1 saturated carbocycles. The van der Waals surface area contributed by atoms with Crippen molar-refractivity contribution in [3.05, 3.63) is 0 Å². The van der Waals surface area contributed by atoms with E-state index >= 15 is 0 Å². The first-order chi connectivity index (χ1) is 8.20. The molecule has 1 aliphatic carbocycles. The van der Waals surface area contributed by atoms with E-state index in [-0.39, 0.29) is 0 Å². The van der Waals surface area contributed by atoms with Crippen LogP contribution in [0.25, 0.3) is 0 Å². The molecule has 4 heteroatoms. The summed E-state index contributed by atoms with van der Waals surface area (Å²) in [5.74, 6) is 0.866. The number of rotatable bonds is 8. The Balaban J connectivity index is 2.21. The molecule has 0 aromatic rings. The van der Waals surface area contributed by atoms with Crippen LogP contribution in [-0.2, 0) is 13.3 Å². The molecule has 0 aromatic heterocycles. The Bertz CT molecular complexity index is 187. The lowest BCUT2D eigenvalue weighted by Crippen LogP contribution is -2.43. The Morgan fingerprint density at radius 1 is 0.941 bits per heavy atom. The SMILES string of the molecule is CCO[Si](C)(OCC)OCCC1CCCCC1. The Hall–Kier alpha value is 0.0969. The van der Waals surface area contributed by atoms with Crippen LogP contribution in [-0.4, -0.2) is 28.6 Å². The second-order valence-electron chi connectivity index (χ2n) is 4.87. The zero-order valence-electron chi connectivity index (χ0n) is 11.7. The summed E-state index contributed by atoms with van der Waals surface area (Å²) in [6, 6.07) is 0. The molecule has 0 atom stereocenters. The summed E-state index contributed by atoms with van der Waals surface area (Å²) in [6.45, 7) is 8.14. The van der Waals surface area contributed by atoms with E-state index in [1.165, 1.54) is 38.5 Å². The second kappa shape index (κ2) is 8.24. The summed E-state index contributed by atoms with van der Waals surface area (Å²) in [4.78, 5) is 0. The predicted molar refractivity (Wildman–Crippen MR) is 72.0 cm³/mol. The lowest BCUT2D eigenvalue weighted by atomic mass is 9.87. The second-order valence-corrected chi connectivity index (χ2v) is 7.46. The van der Waals surface area contributed by atoms with Crippen LogP contribution in [0.4, 0.5) is 0 Å². The van der Waals surface area contributed by atoms with Crippen LogP contribution in [0.2, 0.25) is 6.55 Å². The monoisotopic (exact) mass is 260 g/mol. The molecule has 1 aliphatic rings. The molecule has 102 valence electrons. The van der Waals surface area contributed by atoms with Crippen molar-refractivity contribution >= 4 is 8.80 Å². The average Bonchev–Trinajstić information content (AvgIpc) is 2.31. The van der Waals surface area contributed by atoms with Crippen LogP contribution < -0.4 is 0 Å². The van der Waals surface area contributed by atoms with Crippen molar-refractivity contribution in [3.63, 3.8) is 0 Å². The molecule has 0 unspecified atom stereocenters. The minimum Gasteiger partial charge on any atom is -0.374 e. The third-order valence-electron chi connectivity index (χ3n) is 3.43. The maximum Gasteiger partial charge on any atom is 0.497 e. The summed E-state index contributed by atoms with van der Waals surface area (Å²) in [6.07, 6.45) is 8.15. The fraction of sp³-hybridized carbons (Fsp3) is 1.00. The fourth-order valence-corrected chi connectivity index (χ4v) is 4.32. The average molecular weight is 260 g/mol. The first-order valence-corrected chi connectivity index (χ1v) is 9.34. The number of hydrogen-bond acceptors (Lipinski definition) is 3. The van der Waals surface area contributed by atoms with E-state index in [0.717, 1.165) is 12.5 Å². The molecule has 0 radical (unpaired) electrons. The van der Waals surface area contributed by atoms with Gasteiger partial charge in [0.05, 0.1) is 0 Å². The molecule has 0 amide bonds. The van der Waals surface area contributed by atoms with Gasteiger partial charge in [-0.15, -0.1) is 0 Å². The van der Waals surface area contributed by atoms with Crippen molar-refractivity contribution in [2.75, 3.05) is 19.8 Å². The minimum atomic E-state index is -2.33. The van der Waals surface area contributed by atoms with E-state index < -0.39 is 8.80 Å². The van der Waals surface area contributed by atoms with Crippen molar-refractivity contribution in [2.24, 2.45) is 5.92 Å². The third kappa shape index (κ3) is 6.00. The van der Waals surface area contributed by atoms with Gasteiger partial charge < -0.3 is 13.3 Å². The van der Waals surface area contributed by atoms with E-state index in [1.807, 2.05) is 20.4 Å². The third-order valence-corrected chi connectivity index (χ3v) is 5.78. The van der Waals surface area contributed by atoms with Crippen molar-refractivity contribution in [1.29, 1.82) is 0 Å². The zero-order valence-corrected chi connectivity index (χ0v) is 12.7. The first kappa shape index (κ1) is 15.2. The van der Waals surface area contributed by atoms with Crippen molar-refractivity contribution in [1.82, 2.24) is 0 Å². The smallest absolute Gasteiger partial charge is 0.374 e. The highest BCUT2D eigenvalue weighted by atomic mass is 28.4. The Morgan fingerprint density at radius 3 is 2.06 bits per heavy atom. The Labute approximate surface area is 107 Å². The Morgan fingerprint density at radius 2 is 1.53 bits per heavy atom. The van der Waals surface area contributed by atoms with Crippen molar-refractivity contribution in [3.8, 4) is 0 Å². The molecule has 0 N–H and O–H groups in total. The fourth-order valence-electron chi connectivity index (χ4n) is 2.54. The molecule has 0 aliphatic heterocycles. The van der Waals surface area contributed by atoms with Crippen LogP contribution in [0.3, 0.4) is 0 Å². The van der Waals surface area contributed by atoms with Gasteiger partial charge in [0.15, 0.2) is 0 Å². The summed E-state index contributed by atoms with van der Waals surface area (Å²) >= 11 is 0. The lowest BCUT2D eigenvalue weighted by molar-refractivity contribution is 0.0675. The van der Waals surface area contributed by atoms with Gasteiger partial charge in [0.25, 0.3) is 0 Å². The van der Waals surface area contributed by atoms with Crippen LogP contribution >= 0.6 is 0 Å². The molecule has 17 heavy (non-hydrogen) atoms. The van der Waals surface area contributed by atoms with Gasteiger partial charge in [0.2, 0.25) is 0 Å². The van der Waals surface area contributed by atoms with Crippen LogP contribution in [0, 0.1) is 5.92 Å². The Kier molecular flexibility index (Phi) is 7.35. The molecular formula is C13H28O3Si. The molecule has 0 bridgehead atoms. The quantitative estimate of drug-likeness (QED) is 0.624. The number of hydrogen-bond donors (Lipinski definition) is 0. The highest BCUT2D eigenvalue weighted by molar-refractivity contribution is 6.59. The topological polar surface area (TPSA) is 27.7 Å². The lowest BCUT2D eigenvalue weighted by Gasteiger charge is -2.27. The maximum atomic E-state index is 5.91. The molecule has 0 spiro atoms. The van der Waals surface area contributed by atoms with E-state index in [9.17, 15) is 0 Å². The van der Waals surface area contributed by atoms with Crippen LogP contribution in [0.15, 0.2) is 0 Å². The van der Waals surface area contributed by atoms with Gasteiger partial charge in [0.1, 0.15) is 0 Å². The van der Waals surface area contributed by atoms with E-state index in [1.54, 1.807) is 0 Å². The summed E-state index contributed by atoms with van der Waals surface area (Å²) in [5.41, 5.74) is 0. The maximum absolute atomic E-state index is 5.91. The highest BCUT2D eigenvalue weighted by Gasteiger charge is 2.33. The molecule has 1 fully saturated rings. The van der Waals surface area contributed by atoms with E-state index in [0.29, 0.717) is 13.2 Å². The molecule has 1 rings (SSSR count). The molecule has 0 saturated heterocycles. The molecular weight excluding hydrogens is 232 g/mol. The van der Waals surface area contributed by atoms with Crippen LogP contribution in [0.5, 0.6) is 0 Å². The first-order valence-electron chi connectivity index (χ1n) is 7.12.